The Morgan fingerprint density at radius 1 is 1.15 bits per heavy atom. The van der Waals surface area contributed by atoms with E-state index >= 15 is 0 Å². The first-order valence-corrected chi connectivity index (χ1v) is 4.59. The van der Waals surface area contributed by atoms with E-state index in [0.717, 1.165) is 0 Å². The fraction of sp³-hybridized carbons (Fsp3) is 0.333. The maximum absolute atomic E-state index is 9.54. The van der Waals surface area contributed by atoms with Gasteiger partial charge in [0.15, 0.2) is 0 Å². The molecule has 0 aliphatic carbocycles. The van der Waals surface area contributed by atoms with Crippen LogP contribution in [0.25, 0.3) is 0 Å². The molecule has 0 saturated heterocycles. The molecule has 0 saturated carbocycles. The largest absolute Gasteiger partial charge is 0.390 e. The topological polar surface area (TPSA) is 40.5 Å². The summed E-state index contributed by atoms with van der Waals surface area (Å²) in [5, 5.41) is 19.4. The van der Waals surface area contributed by atoms with Gasteiger partial charge in [0, 0.05) is 15.6 Å². The molecule has 13 heavy (non-hydrogen) atoms. The van der Waals surface area contributed by atoms with E-state index in [0.29, 0.717) is 15.6 Å². The predicted octanol–water partition coefficient (Wildman–Crippen LogP) is 2.41. The van der Waals surface area contributed by atoms with Gasteiger partial charge in [-0.3, -0.25) is 0 Å². The summed E-state index contributed by atoms with van der Waals surface area (Å²) in [7, 11) is 0. The van der Waals surface area contributed by atoms with Crippen molar-refractivity contribution in [2.45, 2.75) is 19.1 Å². The molecule has 1 aromatic rings. The number of rotatable bonds is 2. The third-order valence-electron chi connectivity index (χ3n) is 1.75. The van der Waals surface area contributed by atoms with Crippen LogP contribution in [0.3, 0.4) is 0 Å². The molecule has 0 amide bonds. The average Bonchev–Trinajstić information content (AvgIpc) is 2.03. The van der Waals surface area contributed by atoms with E-state index in [1.54, 1.807) is 18.2 Å². The molecule has 2 nitrogen and oxygen atoms in total. The van der Waals surface area contributed by atoms with Crippen LogP contribution in [0.4, 0.5) is 0 Å². The SMILES string of the molecule is C[C@H](O)[C@H](O)c1c(Cl)cccc1Cl. The maximum Gasteiger partial charge on any atom is 0.107 e. The Morgan fingerprint density at radius 2 is 1.62 bits per heavy atom. The van der Waals surface area contributed by atoms with Crippen molar-refractivity contribution in [3.05, 3.63) is 33.8 Å². The summed E-state index contributed by atoms with van der Waals surface area (Å²) in [5.41, 5.74) is 0.376. The smallest absolute Gasteiger partial charge is 0.107 e. The zero-order chi connectivity index (χ0) is 10.0. The fourth-order valence-electron chi connectivity index (χ4n) is 1.03. The molecule has 4 heteroatoms. The van der Waals surface area contributed by atoms with Gasteiger partial charge in [-0.05, 0) is 19.1 Å². The molecular formula is C9H10Cl2O2. The van der Waals surface area contributed by atoms with Crippen LogP contribution in [0.5, 0.6) is 0 Å². The van der Waals surface area contributed by atoms with Gasteiger partial charge >= 0.3 is 0 Å². The zero-order valence-corrected chi connectivity index (χ0v) is 8.55. The van der Waals surface area contributed by atoms with Crippen LogP contribution in [0.1, 0.15) is 18.6 Å². The normalized spacial score (nSPS) is 15.5. The van der Waals surface area contributed by atoms with Gasteiger partial charge in [-0.25, -0.2) is 0 Å². The Balaban J connectivity index is 3.12. The first-order chi connectivity index (χ1) is 6.04. The molecule has 72 valence electrons. The van der Waals surface area contributed by atoms with E-state index in [9.17, 15) is 5.11 Å². The summed E-state index contributed by atoms with van der Waals surface area (Å²) in [4.78, 5) is 0. The van der Waals surface area contributed by atoms with Gasteiger partial charge in [0.2, 0.25) is 0 Å². The summed E-state index contributed by atoms with van der Waals surface area (Å²) in [6, 6.07) is 4.92. The van der Waals surface area contributed by atoms with Gasteiger partial charge in [0.05, 0.1) is 6.10 Å². The van der Waals surface area contributed by atoms with Gasteiger partial charge in [-0.15, -0.1) is 0 Å². The molecule has 0 bridgehead atoms. The van der Waals surface area contributed by atoms with E-state index in [1.807, 2.05) is 0 Å². The lowest BCUT2D eigenvalue weighted by Gasteiger charge is -2.16. The summed E-state index contributed by atoms with van der Waals surface area (Å²) in [5.74, 6) is 0. The van der Waals surface area contributed by atoms with Crippen molar-refractivity contribution in [1.29, 1.82) is 0 Å². The minimum absolute atomic E-state index is 0.362. The lowest BCUT2D eigenvalue weighted by Crippen LogP contribution is -2.14. The van der Waals surface area contributed by atoms with Crippen LogP contribution in [0.2, 0.25) is 10.0 Å². The van der Waals surface area contributed by atoms with Crippen molar-refractivity contribution in [3.8, 4) is 0 Å². The Bertz CT molecular complexity index is 279. The van der Waals surface area contributed by atoms with E-state index in [1.165, 1.54) is 6.92 Å². The molecule has 2 N–H and O–H groups in total. The Kier molecular flexibility index (Phi) is 3.56. The van der Waals surface area contributed by atoms with Crippen molar-refractivity contribution in [1.82, 2.24) is 0 Å². The molecular weight excluding hydrogens is 211 g/mol. The molecule has 0 spiro atoms. The number of benzene rings is 1. The molecule has 0 heterocycles. The standard InChI is InChI=1S/C9H10Cl2O2/c1-5(12)9(13)8-6(10)3-2-4-7(8)11/h2-5,9,12-13H,1H3/t5-,9-/m0/s1. The number of aliphatic hydroxyl groups excluding tert-OH is 2. The van der Waals surface area contributed by atoms with Crippen molar-refractivity contribution in [3.63, 3.8) is 0 Å². The fourth-order valence-corrected chi connectivity index (χ4v) is 1.66. The molecule has 0 radical (unpaired) electrons. The molecule has 1 rings (SSSR count). The highest BCUT2D eigenvalue weighted by molar-refractivity contribution is 6.36. The highest BCUT2D eigenvalue weighted by Crippen LogP contribution is 2.31. The van der Waals surface area contributed by atoms with Gasteiger partial charge in [0.25, 0.3) is 0 Å². The van der Waals surface area contributed by atoms with Crippen molar-refractivity contribution < 1.29 is 10.2 Å². The number of hydrogen-bond acceptors (Lipinski definition) is 2. The number of halogens is 2. The van der Waals surface area contributed by atoms with E-state index < -0.39 is 12.2 Å². The molecule has 0 aromatic heterocycles. The van der Waals surface area contributed by atoms with Crippen LogP contribution in [0, 0.1) is 0 Å². The molecule has 0 aliphatic rings. The molecule has 0 aliphatic heterocycles. The minimum Gasteiger partial charge on any atom is -0.390 e. The van der Waals surface area contributed by atoms with Crippen LogP contribution < -0.4 is 0 Å². The van der Waals surface area contributed by atoms with Crippen LogP contribution in [-0.4, -0.2) is 16.3 Å². The third kappa shape index (κ3) is 2.35. The quantitative estimate of drug-likeness (QED) is 0.804. The summed E-state index contributed by atoms with van der Waals surface area (Å²) >= 11 is 11.6. The number of hydrogen-bond donors (Lipinski definition) is 2. The second kappa shape index (κ2) is 4.29. The maximum atomic E-state index is 9.54. The Morgan fingerprint density at radius 3 is 2.00 bits per heavy atom. The Hall–Kier alpha value is -0.280. The molecule has 0 unspecified atom stereocenters. The van der Waals surface area contributed by atoms with Crippen molar-refractivity contribution >= 4 is 23.2 Å². The minimum atomic E-state index is -1.04. The summed E-state index contributed by atoms with van der Waals surface area (Å²) < 4.78 is 0. The monoisotopic (exact) mass is 220 g/mol. The third-order valence-corrected chi connectivity index (χ3v) is 2.41. The van der Waals surface area contributed by atoms with Crippen molar-refractivity contribution in [2.75, 3.05) is 0 Å². The van der Waals surface area contributed by atoms with Crippen molar-refractivity contribution in [2.24, 2.45) is 0 Å². The van der Waals surface area contributed by atoms with Crippen LogP contribution in [-0.2, 0) is 0 Å². The first kappa shape index (κ1) is 10.8. The number of aliphatic hydroxyl groups is 2. The van der Waals surface area contributed by atoms with Gasteiger partial charge in [-0.2, -0.15) is 0 Å². The highest BCUT2D eigenvalue weighted by Gasteiger charge is 2.19. The lowest BCUT2D eigenvalue weighted by molar-refractivity contribution is 0.0306. The first-order valence-electron chi connectivity index (χ1n) is 3.84. The highest BCUT2D eigenvalue weighted by atomic mass is 35.5. The van der Waals surface area contributed by atoms with Crippen LogP contribution in [0.15, 0.2) is 18.2 Å². The van der Waals surface area contributed by atoms with E-state index in [2.05, 4.69) is 0 Å². The van der Waals surface area contributed by atoms with E-state index in [-0.39, 0.29) is 0 Å². The second-order valence-electron chi connectivity index (χ2n) is 2.82. The Labute approximate surface area is 86.7 Å². The average molecular weight is 221 g/mol. The second-order valence-corrected chi connectivity index (χ2v) is 3.64. The van der Waals surface area contributed by atoms with Gasteiger partial charge in [-0.1, -0.05) is 29.3 Å². The summed E-state index contributed by atoms with van der Waals surface area (Å²) in [6.07, 6.45) is -1.93. The molecule has 0 fully saturated rings. The predicted molar refractivity (Wildman–Crippen MR) is 53.1 cm³/mol. The summed E-state index contributed by atoms with van der Waals surface area (Å²) in [6.45, 7) is 1.48. The zero-order valence-electron chi connectivity index (χ0n) is 7.04. The molecule has 1 aromatic carbocycles. The van der Waals surface area contributed by atoms with Gasteiger partial charge < -0.3 is 10.2 Å². The molecule has 2 atom stereocenters. The van der Waals surface area contributed by atoms with Gasteiger partial charge in [0.1, 0.15) is 6.10 Å². The van der Waals surface area contributed by atoms with E-state index in [4.69, 9.17) is 28.3 Å². The van der Waals surface area contributed by atoms with Crippen LogP contribution >= 0.6 is 23.2 Å². The lowest BCUT2D eigenvalue weighted by atomic mass is 10.1.